The molecular weight excluding hydrogens is 418 g/mol. The number of nitriles is 1. The van der Waals surface area contributed by atoms with Crippen LogP contribution in [0.15, 0.2) is 4.79 Å². The maximum atomic E-state index is 14.9. The third-order valence-corrected chi connectivity index (χ3v) is 5.76. The summed E-state index contributed by atoms with van der Waals surface area (Å²) < 4.78 is 53.5. The molecule has 1 N–H and O–H groups in total. The van der Waals surface area contributed by atoms with Gasteiger partial charge in [-0.25, -0.2) is 4.98 Å². The number of hydrogen-bond acceptors (Lipinski definition) is 5. The second-order valence-corrected chi connectivity index (χ2v) is 8.44. The zero-order valence-electron chi connectivity index (χ0n) is 17.3. The molecule has 170 valence electrons. The van der Waals surface area contributed by atoms with Crippen molar-refractivity contribution in [3.63, 3.8) is 0 Å². The quantitative estimate of drug-likeness (QED) is 0.655. The summed E-state index contributed by atoms with van der Waals surface area (Å²) in [6, 6.07) is 1.98. The molecule has 1 aromatic heterocycles. The van der Waals surface area contributed by atoms with Crippen LogP contribution in [0, 0.1) is 23.1 Å². The third kappa shape index (κ3) is 5.74. The molecule has 0 unspecified atom stereocenters. The zero-order chi connectivity index (χ0) is 22.8. The Labute approximate surface area is 177 Å². The molecule has 0 spiro atoms. The van der Waals surface area contributed by atoms with Gasteiger partial charge in [-0.05, 0) is 38.0 Å². The third-order valence-electron chi connectivity index (χ3n) is 5.76. The van der Waals surface area contributed by atoms with E-state index >= 15 is 0 Å². The summed E-state index contributed by atoms with van der Waals surface area (Å²) in [5.74, 6) is -1.60. The van der Waals surface area contributed by atoms with Gasteiger partial charge in [0, 0.05) is 25.9 Å². The number of piperidine rings is 1. The lowest BCUT2D eigenvalue weighted by Crippen LogP contribution is -2.42. The summed E-state index contributed by atoms with van der Waals surface area (Å²) in [5.41, 5.74) is -2.07. The van der Waals surface area contributed by atoms with Gasteiger partial charge in [0.25, 0.3) is 5.56 Å². The molecule has 1 aliphatic heterocycles. The van der Waals surface area contributed by atoms with E-state index in [9.17, 15) is 27.2 Å². The van der Waals surface area contributed by atoms with Crippen molar-refractivity contribution in [1.29, 1.82) is 5.26 Å². The average molecular weight is 443 g/mol. The molecule has 2 heterocycles. The molecule has 1 saturated carbocycles. The molecule has 3 rings (SSSR count). The van der Waals surface area contributed by atoms with Gasteiger partial charge in [-0.1, -0.05) is 6.92 Å². The molecule has 11 heteroatoms. The molecule has 31 heavy (non-hydrogen) atoms. The fourth-order valence-electron chi connectivity index (χ4n) is 3.63. The second-order valence-electron chi connectivity index (χ2n) is 8.44. The Morgan fingerprint density at radius 2 is 1.97 bits per heavy atom. The van der Waals surface area contributed by atoms with Gasteiger partial charge in [0.2, 0.25) is 11.7 Å². The van der Waals surface area contributed by atoms with E-state index in [-0.39, 0.29) is 24.5 Å². The molecule has 1 aliphatic carbocycles. The molecule has 1 amide bonds. The number of nitrogens with one attached hydrogen (secondary N) is 1. The van der Waals surface area contributed by atoms with Crippen LogP contribution in [0.5, 0.6) is 0 Å². The van der Waals surface area contributed by atoms with Crippen molar-refractivity contribution in [2.45, 2.75) is 70.1 Å². The highest BCUT2D eigenvalue weighted by molar-refractivity contribution is 5.77. The number of amides is 1. The number of aromatic nitrogens is 2. The summed E-state index contributed by atoms with van der Waals surface area (Å²) in [4.78, 5) is 30.9. The normalized spacial score (nSPS) is 18.5. The number of carbonyl (C=O) groups excluding carboxylic acids is 1. The lowest BCUT2D eigenvalue weighted by Gasteiger charge is -2.31. The van der Waals surface area contributed by atoms with Crippen molar-refractivity contribution < 1.29 is 22.4 Å². The zero-order valence-corrected chi connectivity index (χ0v) is 17.3. The molecule has 2 fully saturated rings. The van der Waals surface area contributed by atoms with Crippen LogP contribution in [0.25, 0.3) is 0 Å². The van der Waals surface area contributed by atoms with Crippen molar-refractivity contribution in [2.75, 3.05) is 18.0 Å². The van der Waals surface area contributed by atoms with Crippen LogP contribution in [-0.2, 0) is 17.8 Å². The SMILES string of the molecule is CC1CCN(c2nc(CCCC(F)(F)F)n(CC(=O)NC3(C#N)CC3)c(=O)c2F)CC1. The number of alkyl halides is 3. The molecule has 1 aromatic rings. The molecule has 0 radical (unpaired) electrons. The van der Waals surface area contributed by atoms with Crippen LogP contribution in [0.3, 0.4) is 0 Å². The van der Waals surface area contributed by atoms with Gasteiger partial charge in [-0.2, -0.15) is 22.8 Å². The van der Waals surface area contributed by atoms with Crippen LogP contribution in [0.2, 0.25) is 0 Å². The molecule has 0 aromatic carbocycles. The monoisotopic (exact) mass is 443 g/mol. The van der Waals surface area contributed by atoms with E-state index in [4.69, 9.17) is 5.26 Å². The van der Waals surface area contributed by atoms with Crippen molar-refractivity contribution in [2.24, 2.45) is 5.92 Å². The fraction of sp³-hybridized carbons (Fsp3) is 0.700. The Balaban J connectivity index is 1.87. The number of carbonyl (C=O) groups is 1. The van der Waals surface area contributed by atoms with Crippen LogP contribution in [-0.4, -0.2) is 40.3 Å². The van der Waals surface area contributed by atoms with E-state index in [0.717, 1.165) is 17.4 Å². The van der Waals surface area contributed by atoms with Gasteiger partial charge in [0.05, 0.1) is 6.07 Å². The van der Waals surface area contributed by atoms with Crippen LogP contribution >= 0.6 is 0 Å². The molecular formula is C20H25F4N5O2. The predicted octanol–water partition coefficient (Wildman–Crippen LogP) is 2.68. The number of anilines is 1. The topological polar surface area (TPSA) is 91.0 Å². The van der Waals surface area contributed by atoms with E-state index in [1.165, 1.54) is 0 Å². The lowest BCUT2D eigenvalue weighted by molar-refractivity contribution is -0.135. The Morgan fingerprint density at radius 1 is 1.32 bits per heavy atom. The molecule has 2 aliphatic rings. The summed E-state index contributed by atoms with van der Waals surface area (Å²) >= 11 is 0. The Morgan fingerprint density at radius 3 is 2.52 bits per heavy atom. The number of aryl methyl sites for hydroxylation is 1. The smallest absolute Gasteiger partial charge is 0.354 e. The minimum absolute atomic E-state index is 0.0683. The Hall–Kier alpha value is -2.64. The summed E-state index contributed by atoms with van der Waals surface area (Å²) in [6.07, 6.45) is -3.52. The highest BCUT2D eigenvalue weighted by Crippen LogP contribution is 2.34. The molecule has 0 bridgehead atoms. The minimum atomic E-state index is -4.38. The van der Waals surface area contributed by atoms with E-state index in [2.05, 4.69) is 17.2 Å². The number of nitrogens with zero attached hydrogens (tertiary/aromatic N) is 4. The molecule has 1 saturated heterocycles. The van der Waals surface area contributed by atoms with Crippen LogP contribution in [0.1, 0.15) is 51.3 Å². The lowest BCUT2D eigenvalue weighted by atomic mass is 9.99. The van der Waals surface area contributed by atoms with E-state index in [0.29, 0.717) is 31.8 Å². The first-order chi connectivity index (χ1) is 14.5. The Kier molecular flexibility index (Phi) is 6.57. The Bertz CT molecular complexity index is 925. The van der Waals surface area contributed by atoms with Gasteiger partial charge in [-0.3, -0.25) is 14.2 Å². The standard InChI is InChI=1S/C20H25F4N5O2/c1-13-4-9-28(10-5-13)17-16(21)18(31)29(11-15(30)27-19(12-25)7-8-19)14(26-17)3-2-6-20(22,23)24/h13H,2-11H2,1H3,(H,27,30). The molecule has 7 nitrogen and oxygen atoms in total. The number of halogens is 4. The van der Waals surface area contributed by atoms with E-state index in [1.807, 2.05) is 6.07 Å². The van der Waals surface area contributed by atoms with Gasteiger partial charge in [-0.15, -0.1) is 0 Å². The predicted molar refractivity (Wildman–Crippen MR) is 104 cm³/mol. The first-order valence-electron chi connectivity index (χ1n) is 10.4. The maximum Gasteiger partial charge on any atom is 0.389 e. The fourth-order valence-corrected chi connectivity index (χ4v) is 3.63. The summed E-state index contributed by atoms with van der Waals surface area (Å²) in [7, 11) is 0. The highest BCUT2D eigenvalue weighted by atomic mass is 19.4. The average Bonchev–Trinajstić information content (AvgIpc) is 3.47. The summed E-state index contributed by atoms with van der Waals surface area (Å²) in [6.45, 7) is 2.43. The van der Waals surface area contributed by atoms with E-state index in [1.54, 1.807) is 4.90 Å². The van der Waals surface area contributed by atoms with Crippen molar-refractivity contribution in [3.8, 4) is 6.07 Å². The van der Waals surface area contributed by atoms with E-state index < -0.39 is 42.0 Å². The second kappa shape index (κ2) is 8.85. The maximum absolute atomic E-state index is 14.9. The first-order valence-corrected chi connectivity index (χ1v) is 10.4. The van der Waals surface area contributed by atoms with Crippen molar-refractivity contribution >= 4 is 11.7 Å². The van der Waals surface area contributed by atoms with Crippen molar-refractivity contribution in [3.05, 3.63) is 22.0 Å². The number of hydrogen-bond donors (Lipinski definition) is 1. The van der Waals surface area contributed by atoms with Gasteiger partial charge in [0.15, 0.2) is 5.82 Å². The molecule has 0 atom stereocenters. The van der Waals surface area contributed by atoms with Crippen LogP contribution < -0.4 is 15.8 Å². The van der Waals surface area contributed by atoms with Gasteiger partial charge in [0.1, 0.15) is 17.9 Å². The summed E-state index contributed by atoms with van der Waals surface area (Å²) in [5, 5.41) is 11.6. The number of rotatable bonds is 7. The van der Waals surface area contributed by atoms with Crippen molar-refractivity contribution in [1.82, 2.24) is 14.9 Å². The van der Waals surface area contributed by atoms with Crippen LogP contribution in [0.4, 0.5) is 23.4 Å². The highest BCUT2D eigenvalue weighted by Gasteiger charge is 2.44. The first kappa shape index (κ1) is 23.0. The van der Waals surface area contributed by atoms with Gasteiger partial charge < -0.3 is 10.2 Å². The minimum Gasteiger partial charge on any atom is -0.354 e. The van der Waals surface area contributed by atoms with Gasteiger partial charge >= 0.3 is 6.18 Å². The largest absolute Gasteiger partial charge is 0.389 e.